The second-order valence-corrected chi connectivity index (χ2v) is 2.21. The van der Waals surface area contributed by atoms with Crippen molar-refractivity contribution in [1.29, 1.82) is 0 Å². The van der Waals surface area contributed by atoms with Crippen LogP contribution in [0.2, 0.25) is 0 Å². The maximum absolute atomic E-state index is 12.8. The first-order valence-electron chi connectivity index (χ1n) is 3.40. The van der Waals surface area contributed by atoms with E-state index in [-0.39, 0.29) is 6.61 Å². The Morgan fingerprint density at radius 2 is 2.17 bits per heavy atom. The second-order valence-electron chi connectivity index (χ2n) is 2.21. The monoisotopic (exact) mass is 170 g/mol. The van der Waals surface area contributed by atoms with Gasteiger partial charge in [0.1, 0.15) is 18.2 Å². The minimum Gasteiger partial charge on any atom is -0.497 e. The van der Waals surface area contributed by atoms with E-state index in [0.29, 0.717) is 5.56 Å². The van der Waals surface area contributed by atoms with Gasteiger partial charge in [-0.15, -0.1) is 0 Å². The predicted molar refractivity (Wildman–Crippen MR) is 41.3 cm³/mol. The zero-order chi connectivity index (χ0) is 8.97. The quantitative estimate of drug-likeness (QED) is 0.633. The molecule has 1 aromatic carbocycles. The first-order valence-corrected chi connectivity index (χ1v) is 3.40. The third-order valence-electron chi connectivity index (χ3n) is 1.37. The highest BCUT2D eigenvalue weighted by Gasteiger charge is 2.02. The molecule has 1 aromatic rings. The number of ether oxygens (including phenoxy) is 1. The van der Waals surface area contributed by atoms with Crippen molar-refractivity contribution in [1.82, 2.24) is 0 Å². The molecule has 0 fully saturated rings. The molecule has 0 bridgehead atoms. The Balaban J connectivity index is 2.78. The van der Waals surface area contributed by atoms with Crippen molar-refractivity contribution in [2.45, 2.75) is 6.61 Å². The largest absolute Gasteiger partial charge is 0.497 e. The van der Waals surface area contributed by atoms with Gasteiger partial charge in [0.25, 0.3) is 0 Å². The van der Waals surface area contributed by atoms with Crippen LogP contribution in [-0.4, -0.2) is 0 Å². The van der Waals surface area contributed by atoms with Crippen LogP contribution in [0.25, 0.3) is 0 Å². The second kappa shape index (κ2) is 3.85. The van der Waals surface area contributed by atoms with Gasteiger partial charge in [0, 0.05) is 11.6 Å². The fourth-order valence-electron chi connectivity index (χ4n) is 0.787. The summed E-state index contributed by atoms with van der Waals surface area (Å²) in [6.45, 7) is 3.38. The zero-order valence-electron chi connectivity index (χ0n) is 6.39. The Kier molecular flexibility index (Phi) is 2.80. The SMILES string of the molecule is C=COCc1ccc(F)cc1F. The highest BCUT2D eigenvalue weighted by atomic mass is 19.1. The van der Waals surface area contributed by atoms with Crippen molar-refractivity contribution in [3.63, 3.8) is 0 Å². The van der Waals surface area contributed by atoms with Crippen molar-refractivity contribution in [2.24, 2.45) is 0 Å². The van der Waals surface area contributed by atoms with Crippen LogP contribution in [-0.2, 0) is 11.3 Å². The summed E-state index contributed by atoms with van der Waals surface area (Å²) in [4.78, 5) is 0. The number of hydrogen-bond acceptors (Lipinski definition) is 1. The van der Waals surface area contributed by atoms with E-state index in [2.05, 4.69) is 6.58 Å². The summed E-state index contributed by atoms with van der Waals surface area (Å²) in [6.07, 6.45) is 1.21. The summed E-state index contributed by atoms with van der Waals surface area (Å²) >= 11 is 0. The standard InChI is InChI=1S/C9H8F2O/c1-2-12-6-7-3-4-8(10)5-9(7)11/h2-5H,1,6H2. The Hall–Kier alpha value is -1.38. The maximum Gasteiger partial charge on any atom is 0.132 e. The van der Waals surface area contributed by atoms with Gasteiger partial charge in [-0.3, -0.25) is 0 Å². The summed E-state index contributed by atoms with van der Waals surface area (Å²) < 4.78 is 29.9. The summed E-state index contributed by atoms with van der Waals surface area (Å²) in [5.74, 6) is -1.19. The van der Waals surface area contributed by atoms with E-state index in [0.717, 1.165) is 6.07 Å². The Labute approximate surface area is 69.3 Å². The van der Waals surface area contributed by atoms with Crippen LogP contribution < -0.4 is 0 Å². The lowest BCUT2D eigenvalue weighted by molar-refractivity contribution is 0.233. The minimum atomic E-state index is -0.600. The van der Waals surface area contributed by atoms with E-state index < -0.39 is 11.6 Å². The molecule has 0 aliphatic carbocycles. The molecule has 64 valence electrons. The van der Waals surface area contributed by atoms with Crippen molar-refractivity contribution >= 4 is 0 Å². The topological polar surface area (TPSA) is 9.23 Å². The van der Waals surface area contributed by atoms with E-state index in [1.54, 1.807) is 0 Å². The Bertz CT molecular complexity index is 284. The van der Waals surface area contributed by atoms with E-state index in [1.165, 1.54) is 18.4 Å². The van der Waals surface area contributed by atoms with Crippen LogP contribution in [0, 0.1) is 11.6 Å². The fourth-order valence-corrected chi connectivity index (χ4v) is 0.787. The van der Waals surface area contributed by atoms with Crippen LogP contribution in [0.5, 0.6) is 0 Å². The molecule has 0 N–H and O–H groups in total. The molecule has 1 rings (SSSR count). The van der Waals surface area contributed by atoms with Gasteiger partial charge < -0.3 is 4.74 Å². The summed E-state index contributed by atoms with van der Waals surface area (Å²) in [7, 11) is 0. The van der Waals surface area contributed by atoms with Gasteiger partial charge in [-0.05, 0) is 12.1 Å². The highest BCUT2D eigenvalue weighted by Crippen LogP contribution is 2.10. The van der Waals surface area contributed by atoms with Gasteiger partial charge in [-0.1, -0.05) is 6.58 Å². The molecule has 0 aromatic heterocycles. The van der Waals surface area contributed by atoms with E-state index in [9.17, 15) is 8.78 Å². The average molecular weight is 170 g/mol. The Morgan fingerprint density at radius 1 is 1.42 bits per heavy atom. The molecule has 0 aliphatic heterocycles. The molecule has 0 spiro atoms. The normalized spacial score (nSPS) is 9.50. The van der Waals surface area contributed by atoms with Gasteiger partial charge in [0.05, 0.1) is 6.26 Å². The zero-order valence-corrected chi connectivity index (χ0v) is 6.39. The first kappa shape index (κ1) is 8.71. The lowest BCUT2D eigenvalue weighted by atomic mass is 10.2. The van der Waals surface area contributed by atoms with E-state index in [1.807, 2.05) is 0 Å². The van der Waals surface area contributed by atoms with Gasteiger partial charge in [-0.25, -0.2) is 8.78 Å². The van der Waals surface area contributed by atoms with Gasteiger partial charge in [0.15, 0.2) is 0 Å². The van der Waals surface area contributed by atoms with Crippen molar-refractivity contribution in [3.8, 4) is 0 Å². The van der Waals surface area contributed by atoms with Crippen LogP contribution in [0.1, 0.15) is 5.56 Å². The Morgan fingerprint density at radius 3 is 2.75 bits per heavy atom. The molecule has 3 heteroatoms. The number of hydrogen-bond donors (Lipinski definition) is 0. The molecule has 0 radical (unpaired) electrons. The molecular weight excluding hydrogens is 162 g/mol. The molecule has 1 nitrogen and oxygen atoms in total. The molecule has 0 aliphatic rings. The molecule has 0 saturated carbocycles. The van der Waals surface area contributed by atoms with Crippen LogP contribution in [0.4, 0.5) is 8.78 Å². The van der Waals surface area contributed by atoms with E-state index in [4.69, 9.17) is 4.74 Å². The van der Waals surface area contributed by atoms with Gasteiger partial charge in [-0.2, -0.15) is 0 Å². The van der Waals surface area contributed by atoms with Crippen LogP contribution in [0.3, 0.4) is 0 Å². The lowest BCUT2D eigenvalue weighted by Gasteiger charge is -2.01. The minimum absolute atomic E-state index is 0.0790. The number of halogens is 2. The lowest BCUT2D eigenvalue weighted by Crippen LogP contribution is -1.92. The fraction of sp³-hybridized carbons (Fsp3) is 0.111. The third-order valence-corrected chi connectivity index (χ3v) is 1.37. The molecule has 0 saturated heterocycles. The first-order chi connectivity index (χ1) is 5.74. The highest BCUT2D eigenvalue weighted by molar-refractivity contribution is 5.17. The van der Waals surface area contributed by atoms with Gasteiger partial charge >= 0.3 is 0 Å². The predicted octanol–water partition coefficient (Wildman–Crippen LogP) is 2.62. The number of rotatable bonds is 3. The summed E-state index contributed by atoms with van der Waals surface area (Å²) in [6, 6.07) is 3.35. The molecule has 0 unspecified atom stereocenters. The number of benzene rings is 1. The smallest absolute Gasteiger partial charge is 0.132 e. The van der Waals surface area contributed by atoms with Crippen LogP contribution in [0.15, 0.2) is 31.0 Å². The molecule has 12 heavy (non-hydrogen) atoms. The third kappa shape index (κ3) is 2.05. The molecule has 0 atom stereocenters. The summed E-state index contributed by atoms with van der Waals surface area (Å²) in [5.41, 5.74) is 0.316. The van der Waals surface area contributed by atoms with E-state index >= 15 is 0 Å². The van der Waals surface area contributed by atoms with Crippen molar-refractivity contribution < 1.29 is 13.5 Å². The van der Waals surface area contributed by atoms with Crippen molar-refractivity contribution in [3.05, 3.63) is 48.2 Å². The maximum atomic E-state index is 12.8. The van der Waals surface area contributed by atoms with Gasteiger partial charge in [0.2, 0.25) is 0 Å². The average Bonchev–Trinajstić information content (AvgIpc) is 2.03. The molecule has 0 heterocycles. The molecule has 0 amide bonds. The summed E-state index contributed by atoms with van der Waals surface area (Å²) in [5, 5.41) is 0. The van der Waals surface area contributed by atoms with Crippen molar-refractivity contribution in [2.75, 3.05) is 0 Å². The molecular formula is C9H8F2O. The van der Waals surface area contributed by atoms with Crippen LogP contribution >= 0.6 is 0 Å².